The van der Waals surface area contributed by atoms with Crippen molar-refractivity contribution in [2.75, 3.05) is 0 Å². The summed E-state index contributed by atoms with van der Waals surface area (Å²) in [6.45, 7) is 6.61. The number of carbonyl (C=O) groups excluding carboxylic acids is 1. The zero-order valence-electron chi connectivity index (χ0n) is 9.76. The van der Waals surface area contributed by atoms with Crippen molar-refractivity contribution in [3.8, 4) is 0 Å². The van der Waals surface area contributed by atoms with Gasteiger partial charge in [-0.1, -0.05) is 39.0 Å². The number of hydrogen-bond donors (Lipinski definition) is 0. The van der Waals surface area contributed by atoms with Gasteiger partial charge in [-0.25, -0.2) is 0 Å². The Kier molecular flexibility index (Phi) is 2.41. The van der Waals surface area contributed by atoms with E-state index in [1.54, 1.807) is 0 Å². The van der Waals surface area contributed by atoms with E-state index in [1.165, 1.54) is 11.1 Å². The standard InChI is InChI=1S/C14H18O/c1-4-14(2,3)11-7-5-6-10-8-9-12(15)13(10)11/h5-7H,4,8-9H2,1-3H3. The maximum absolute atomic E-state index is 11.8. The van der Waals surface area contributed by atoms with Crippen molar-refractivity contribution in [2.45, 2.75) is 45.4 Å². The van der Waals surface area contributed by atoms with Crippen molar-refractivity contribution < 1.29 is 4.79 Å². The largest absolute Gasteiger partial charge is 0.294 e. The molecule has 1 aromatic rings. The number of Topliss-reactive ketones (excluding diaryl/α,β-unsaturated/α-hetero) is 1. The zero-order chi connectivity index (χ0) is 11.1. The van der Waals surface area contributed by atoms with Crippen LogP contribution < -0.4 is 0 Å². The molecule has 15 heavy (non-hydrogen) atoms. The SMILES string of the molecule is CCC(C)(C)c1cccc2c1C(=O)CC2. The zero-order valence-corrected chi connectivity index (χ0v) is 9.76. The molecule has 80 valence electrons. The number of ketones is 1. The molecule has 0 amide bonds. The number of benzene rings is 1. The maximum atomic E-state index is 11.8. The lowest BCUT2D eigenvalue weighted by molar-refractivity contribution is 0.0992. The Hall–Kier alpha value is -1.11. The summed E-state index contributed by atoms with van der Waals surface area (Å²) >= 11 is 0. The first-order valence-electron chi connectivity index (χ1n) is 5.72. The number of rotatable bonds is 2. The van der Waals surface area contributed by atoms with Crippen molar-refractivity contribution in [2.24, 2.45) is 0 Å². The van der Waals surface area contributed by atoms with E-state index >= 15 is 0 Å². The number of carbonyl (C=O) groups is 1. The molecule has 0 spiro atoms. The minimum Gasteiger partial charge on any atom is -0.294 e. The van der Waals surface area contributed by atoms with Crippen LogP contribution in [0.5, 0.6) is 0 Å². The molecule has 0 aliphatic heterocycles. The molecule has 2 rings (SSSR count). The summed E-state index contributed by atoms with van der Waals surface area (Å²) in [6.07, 6.45) is 2.70. The number of aryl methyl sites for hydroxylation is 1. The van der Waals surface area contributed by atoms with Gasteiger partial charge < -0.3 is 0 Å². The van der Waals surface area contributed by atoms with Gasteiger partial charge in [0, 0.05) is 12.0 Å². The van der Waals surface area contributed by atoms with Crippen molar-refractivity contribution in [3.05, 3.63) is 34.9 Å². The van der Waals surface area contributed by atoms with E-state index in [0.717, 1.165) is 18.4 Å². The maximum Gasteiger partial charge on any atom is 0.163 e. The molecule has 1 heteroatoms. The van der Waals surface area contributed by atoms with Gasteiger partial charge in [0.05, 0.1) is 0 Å². The molecular formula is C14H18O. The Morgan fingerprint density at radius 2 is 2.00 bits per heavy atom. The van der Waals surface area contributed by atoms with Gasteiger partial charge in [0.15, 0.2) is 5.78 Å². The van der Waals surface area contributed by atoms with E-state index in [2.05, 4.69) is 39.0 Å². The molecule has 0 aromatic heterocycles. The van der Waals surface area contributed by atoms with Crippen LogP contribution in [0.4, 0.5) is 0 Å². The predicted molar refractivity (Wildman–Crippen MR) is 62.4 cm³/mol. The van der Waals surface area contributed by atoms with Crippen LogP contribution in [0.3, 0.4) is 0 Å². The van der Waals surface area contributed by atoms with Crippen LogP contribution in [-0.2, 0) is 11.8 Å². The third-order valence-corrected chi connectivity index (χ3v) is 3.66. The van der Waals surface area contributed by atoms with Crippen LogP contribution in [-0.4, -0.2) is 5.78 Å². The Labute approximate surface area is 91.5 Å². The highest BCUT2D eigenvalue weighted by atomic mass is 16.1. The van der Waals surface area contributed by atoms with Crippen LogP contribution >= 0.6 is 0 Å². The van der Waals surface area contributed by atoms with Gasteiger partial charge >= 0.3 is 0 Å². The summed E-state index contributed by atoms with van der Waals surface area (Å²) < 4.78 is 0. The van der Waals surface area contributed by atoms with Crippen molar-refractivity contribution in [1.29, 1.82) is 0 Å². The lowest BCUT2D eigenvalue weighted by Crippen LogP contribution is -2.19. The number of hydrogen-bond acceptors (Lipinski definition) is 1. The Morgan fingerprint density at radius 1 is 1.27 bits per heavy atom. The normalized spacial score (nSPS) is 15.5. The first-order chi connectivity index (χ1) is 7.06. The lowest BCUT2D eigenvalue weighted by atomic mass is 9.78. The Morgan fingerprint density at radius 3 is 2.67 bits per heavy atom. The molecular weight excluding hydrogens is 184 g/mol. The smallest absolute Gasteiger partial charge is 0.163 e. The van der Waals surface area contributed by atoms with Crippen LogP contribution in [0.2, 0.25) is 0 Å². The quantitative estimate of drug-likeness (QED) is 0.717. The second-order valence-corrected chi connectivity index (χ2v) is 5.00. The van der Waals surface area contributed by atoms with Crippen LogP contribution in [0.1, 0.15) is 55.1 Å². The van der Waals surface area contributed by atoms with E-state index in [0.29, 0.717) is 12.2 Å². The van der Waals surface area contributed by atoms with Gasteiger partial charge in [-0.15, -0.1) is 0 Å². The van der Waals surface area contributed by atoms with Gasteiger partial charge in [-0.05, 0) is 29.4 Å². The third kappa shape index (κ3) is 1.60. The lowest BCUT2D eigenvalue weighted by Gasteiger charge is -2.25. The fraction of sp³-hybridized carbons (Fsp3) is 0.500. The second-order valence-electron chi connectivity index (χ2n) is 5.00. The first-order valence-corrected chi connectivity index (χ1v) is 5.72. The van der Waals surface area contributed by atoms with E-state index in [1.807, 2.05) is 0 Å². The fourth-order valence-electron chi connectivity index (χ4n) is 2.27. The first kappa shape index (κ1) is 10.4. The summed E-state index contributed by atoms with van der Waals surface area (Å²) in [6, 6.07) is 6.30. The summed E-state index contributed by atoms with van der Waals surface area (Å²) in [4.78, 5) is 11.8. The molecule has 0 bridgehead atoms. The van der Waals surface area contributed by atoms with Gasteiger partial charge in [0.25, 0.3) is 0 Å². The molecule has 0 saturated heterocycles. The molecule has 0 radical (unpaired) electrons. The van der Waals surface area contributed by atoms with Crippen molar-refractivity contribution in [3.63, 3.8) is 0 Å². The van der Waals surface area contributed by atoms with Crippen LogP contribution in [0, 0.1) is 0 Å². The molecule has 0 N–H and O–H groups in total. The van der Waals surface area contributed by atoms with Crippen LogP contribution in [0.15, 0.2) is 18.2 Å². The summed E-state index contributed by atoms with van der Waals surface area (Å²) in [7, 11) is 0. The van der Waals surface area contributed by atoms with E-state index in [9.17, 15) is 4.79 Å². The third-order valence-electron chi connectivity index (χ3n) is 3.66. The minimum atomic E-state index is 0.116. The van der Waals surface area contributed by atoms with E-state index in [-0.39, 0.29) is 5.41 Å². The van der Waals surface area contributed by atoms with Gasteiger partial charge in [0.2, 0.25) is 0 Å². The highest BCUT2D eigenvalue weighted by molar-refractivity contribution is 6.02. The summed E-state index contributed by atoms with van der Waals surface area (Å²) in [5.74, 6) is 0.335. The van der Waals surface area contributed by atoms with Gasteiger partial charge in [-0.2, -0.15) is 0 Å². The Balaban J connectivity index is 2.59. The average molecular weight is 202 g/mol. The van der Waals surface area contributed by atoms with E-state index in [4.69, 9.17) is 0 Å². The highest BCUT2D eigenvalue weighted by Gasteiger charge is 2.29. The monoisotopic (exact) mass is 202 g/mol. The molecule has 1 aliphatic carbocycles. The molecule has 0 unspecified atom stereocenters. The summed E-state index contributed by atoms with van der Waals surface area (Å²) in [5.41, 5.74) is 3.62. The fourth-order valence-corrected chi connectivity index (χ4v) is 2.27. The molecule has 0 atom stereocenters. The molecule has 0 fully saturated rings. The Bertz CT molecular complexity index is 402. The van der Waals surface area contributed by atoms with Crippen molar-refractivity contribution >= 4 is 5.78 Å². The van der Waals surface area contributed by atoms with Gasteiger partial charge in [0.1, 0.15) is 0 Å². The topological polar surface area (TPSA) is 17.1 Å². The molecule has 0 saturated carbocycles. The van der Waals surface area contributed by atoms with Gasteiger partial charge in [-0.3, -0.25) is 4.79 Å². The molecule has 1 aromatic carbocycles. The minimum absolute atomic E-state index is 0.116. The molecule has 0 heterocycles. The molecule has 1 nitrogen and oxygen atoms in total. The highest BCUT2D eigenvalue weighted by Crippen LogP contribution is 2.35. The van der Waals surface area contributed by atoms with Crippen LogP contribution in [0.25, 0.3) is 0 Å². The molecule has 1 aliphatic rings. The average Bonchev–Trinajstić information content (AvgIpc) is 2.60. The second kappa shape index (κ2) is 3.48. The summed E-state index contributed by atoms with van der Waals surface area (Å²) in [5, 5.41) is 0. The number of fused-ring (bicyclic) bond motifs is 1. The van der Waals surface area contributed by atoms with Crippen molar-refractivity contribution in [1.82, 2.24) is 0 Å². The predicted octanol–water partition coefficient (Wildman–Crippen LogP) is 3.50. The van der Waals surface area contributed by atoms with E-state index < -0.39 is 0 Å².